The van der Waals surface area contributed by atoms with Gasteiger partial charge in [-0.1, -0.05) is 42.5 Å². The Morgan fingerprint density at radius 1 is 1.14 bits per heavy atom. The molecule has 1 saturated heterocycles. The van der Waals surface area contributed by atoms with Crippen molar-refractivity contribution in [2.75, 3.05) is 19.3 Å². The van der Waals surface area contributed by atoms with Crippen molar-refractivity contribution in [3.05, 3.63) is 47.9 Å². The summed E-state index contributed by atoms with van der Waals surface area (Å²) in [6.07, 6.45) is 9.00. The van der Waals surface area contributed by atoms with Gasteiger partial charge >= 0.3 is 6.03 Å². The molecule has 0 bridgehead atoms. The van der Waals surface area contributed by atoms with Crippen LogP contribution >= 0.6 is 11.8 Å². The molecule has 1 unspecified atom stereocenters. The second-order valence-corrected chi connectivity index (χ2v) is 6.47. The lowest BCUT2D eigenvalue weighted by Gasteiger charge is -2.20. The van der Waals surface area contributed by atoms with Crippen LogP contribution in [-0.2, 0) is 0 Å². The molecule has 2 aliphatic rings. The highest BCUT2D eigenvalue weighted by Crippen LogP contribution is 2.33. The number of carbonyl (C=O) groups excluding carboxylic acids is 1. The lowest BCUT2D eigenvalue weighted by molar-refractivity contribution is 0.205. The van der Waals surface area contributed by atoms with Crippen molar-refractivity contribution in [3.8, 4) is 0 Å². The Balaban J connectivity index is 0.000000246. The highest BCUT2D eigenvalue weighted by molar-refractivity contribution is 8.01. The minimum Gasteiger partial charge on any atom is -0.331 e. The molecule has 4 heteroatoms. The standard InChI is InChI=1S/C12H20N2OS.C6H6/c1-16-9-6-11(10-4-5-10)13-12(15)14-7-2-3-8-14;1-2-4-6-5-3-1/h6,9-11H,2-5,7-8H2,1H3,(H,13,15);1-6H/b9-6+;. The second kappa shape index (κ2) is 9.57. The van der Waals surface area contributed by atoms with E-state index in [4.69, 9.17) is 0 Å². The summed E-state index contributed by atoms with van der Waals surface area (Å²) in [7, 11) is 0. The molecule has 1 aromatic rings. The van der Waals surface area contributed by atoms with Crippen LogP contribution in [0.2, 0.25) is 0 Å². The molecular formula is C18H26N2OS. The minimum absolute atomic E-state index is 0.125. The van der Waals surface area contributed by atoms with Gasteiger partial charge in [-0.3, -0.25) is 0 Å². The lowest BCUT2D eigenvalue weighted by atomic mass is 10.2. The van der Waals surface area contributed by atoms with Gasteiger partial charge in [0.2, 0.25) is 0 Å². The van der Waals surface area contributed by atoms with Crippen molar-refractivity contribution in [2.24, 2.45) is 5.92 Å². The van der Waals surface area contributed by atoms with Crippen LogP contribution in [0.5, 0.6) is 0 Å². The maximum atomic E-state index is 11.9. The van der Waals surface area contributed by atoms with Crippen LogP contribution in [0.1, 0.15) is 25.7 Å². The van der Waals surface area contributed by atoms with Crippen molar-refractivity contribution < 1.29 is 4.79 Å². The van der Waals surface area contributed by atoms with Gasteiger partial charge in [-0.25, -0.2) is 4.79 Å². The van der Waals surface area contributed by atoms with Crippen LogP contribution in [0.25, 0.3) is 0 Å². The van der Waals surface area contributed by atoms with Gasteiger partial charge < -0.3 is 10.2 Å². The Morgan fingerprint density at radius 3 is 2.14 bits per heavy atom. The fourth-order valence-corrected chi connectivity index (χ4v) is 2.81. The van der Waals surface area contributed by atoms with Crippen LogP contribution < -0.4 is 5.32 Å². The average Bonchev–Trinajstić information content (AvgIpc) is 3.27. The molecule has 2 fully saturated rings. The summed E-state index contributed by atoms with van der Waals surface area (Å²) < 4.78 is 0. The third-order valence-electron chi connectivity index (χ3n) is 3.90. The number of nitrogens with zero attached hydrogens (tertiary/aromatic N) is 1. The highest BCUT2D eigenvalue weighted by Gasteiger charge is 2.31. The minimum atomic E-state index is 0.125. The van der Waals surface area contributed by atoms with Crippen molar-refractivity contribution in [2.45, 2.75) is 31.7 Å². The number of thioether (sulfide) groups is 1. The van der Waals surface area contributed by atoms with E-state index in [0.717, 1.165) is 25.9 Å². The molecule has 0 spiro atoms. The molecule has 1 aliphatic carbocycles. The van der Waals surface area contributed by atoms with Crippen molar-refractivity contribution in [3.63, 3.8) is 0 Å². The molecule has 0 aromatic heterocycles. The first-order valence-corrected chi connectivity index (χ1v) is 9.35. The van der Waals surface area contributed by atoms with Gasteiger partial charge in [-0.15, -0.1) is 11.8 Å². The van der Waals surface area contributed by atoms with Gasteiger partial charge in [-0.05, 0) is 43.3 Å². The Hall–Kier alpha value is -1.42. The zero-order valence-corrected chi connectivity index (χ0v) is 14.1. The topological polar surface area (TPSA) is 32.3 Å². The lowest BCUT2D eigenvalue weighted by Crippen LogP contribution is -2.43. The molecule has 3 nitrogen and oxygen atoms in total. The van der Waals surface area contributed by atoms with Crippen LogP contribution in [0.4, 0.5) is 4.79 Å². The SMILES string of the molecule is CS/C=C/C(NC(=O)N1CCCC1)C1CC1.c1ccccc1. The largest absolute Gasteiger partial charge is 0.331 e. The Kier molecular flexibility index (Phi) is 7.37. The molecule has 0 radical (unpaired) electrons. The Labute approximate surface area is 138 Å². The number of carbonyl (C=O) groups is 1. The van der Waals surface area contributed by atoms with E-state index in [-0.39, 0.29) is 12.1 Å². The van der Waals surface area contributed by atoms with E-state index >= 15 is 0 Å². The molecule has 3 rings (SSSR count). The van der Waals surface area contributed by atoms with Gasteiger partial charge in [0, 0.05) is 13.1 Å². The maximum Gasteiger partial charge on any atom is 0.317 e. The number of likely N-dealkylation sites (tertiary alicyclic amines) is 1. The third kappa shape index (κ3) is 6.14. The van der Waals surface area contributed by atoms with Gasteiger partial charge in [0.05, 0.1) is 6.04 Å². The molecule has 1 saturated carbocycles. The Morgan fingerprint density at radius 2 is 1.68 bits per heavy atom. The average molecular weight is 318 g/mol. The fraction of sp³-hybridized carbons (Fsp3) is 0.500. The Bertz CT molecular complexity index is 427. The number of benzene rings is 1. The fourth-order valence-electron chi connectivity index (χ4n) is 2.48. The van der Waals surface area contributed by atoms with E-state index in [1.54, 1.807) is 11.8 Å². The zero-order valence-electron chi connectivity index (χ0n) is 13.3. The number of amides is 2. The number of nitrogens with one attached hydrogen (secondary N) is 1. The van der Waals surface area contributed by atoms with E-state index in [9.17, 15) is 4.79 Å². The van der Waals surface area contributed by atoms with E-state index in [0.29, 0.717) is 5.92 Å². The molecule has 120 valence electrons. The molecule has 1 aromatic carbocycles. The summed E-state index contributed by atoms with van der Waals surface area (Å²) in [4.78, 5) is 13.9. The summed E-state index contributed by atoms with van der Waals surface area (Å²) in [5.41, 5.74) is 0. The molecular weight excluding hydrogens is 292 g/mol. The highest BCUT2D eigenvalue weighted by atomic mass is 32.2. The van der Waals surface area contributed by atoms with E-state index in [1.165, 1.54) is 12.8 Å². The predicted molar refractivity (Wildman–Crippen MR) is 94.9 cm³/mol. The molecule has 1 atom stereocenters. The first-order chi connectivity index (χ1) is 10.8. The van der Waals surface area contributed by atoms with Gasteiger partial charge in [0.1, 0.15) is 0 Å². The maximum absolute atomic E-state index is 11.9. The first-order valence-electron chi connectivity index (χ1n) is 8.06. The molecule has 1 aliphatic heterocycles. The summed E-state index contributed by atoms with van der Waals surface area (Å²) >= 11 is 1.69. The van der Waals surface area contributed by atoms with Crippen LogP contribution in [-0.4, -0.2) is 36.3 Å². The van der Waals surface area contributed by atoms with Crippen molar-refractivity contribution >= 4 is 17.8 Å². The summed E-state index contributed by atoms with van der Waals surface area (Å²) in [5.74, 6) is 0.676. The summed E-state index contributed by atoms with van der Waals surface area (Å²) in [5, 5.41) is 5.22. The number of hydrogen-bond donors (Lipinski definition) is 1. The smallest absolute Gasteiger partial charge is 0.317 e. The molecule has 1 N–H and O–H groups in total. The van der Waals surface area contributed by atoms with E-state index in [2.05, 4.69) is 16.8 Å². The first kappa shape index (κ1) is 16.9. The van der Waals surface area contributed by atoms with Gasteiger partial charge in [-0.2, -0.15) is 0 Å². The van der Waals surface area contributed by atoms with E-state index < -0.39 is 0 Å². The summed E-state index contributed by atoms with van der Waals surface area (Å²) in [6.45, 7) is 1.85. The van der Waals surface area contributed by atoms with Crippen molar-refractivity contribution in [1.29, 1.82) is 0 Å². The normalized spacial score (nSPS) is 18.7. The third-order valence-corrected chi connectivity index (χ3v) is 4.33. The van der Waals surface area contributed by atoms with Crippen LogP contribution in [0.15, 0.2) is 47.9 Å². The number of hydrogen-bond acceptors (Lipinski definition) is 2. The zero-order chi connectivity index (χ0) is 15.6. The number of rotatable bonds is 4. The molecule has 22 heavy (non-hydrogen) atoms. The van der Waals surface area contributed by atoms with Crippen molar-refractivity contribution in [1.82, 2.24) is 10.2 Å². The second-order valence-electron chi connectivity index (χ2n) is 5.73. The predicted octanol–water partition coefficient (Wildman–Crippen LogP) is 4.13. The van der Waals surface area contributed by atoms with Crippen LogP contribution in [0.3, 0.4) is 0 Å². The molecule has 2 amide bonds. The van der Waals surface area contributed by atoms with E-state index in [1.807, 2.05) is 47.6 Å². The van der Waals surface area contributed by atoms with Crippen LogP contribution in [0, 0.1) is 5.92 Å². The quantitative estimate of drug-likeness (QED) is 0.905. The van der Waals surface area contributed by atoms with Gasteiger partial charge in [0.25, 0.3) is 0 Å². The van der Waals surface area contributed by atoms with Gasteiger partial charge in [0.15, 0.2) is 0 Å². The molecule has 1 heterocycles. The number of urea groups is 1. The summed E-state index contributed by atoms with van der Waals surface area (Å²) in [6, 6.07) is 12.4. The monoisotopic (exact) mass is 318 g/mol.